The van der Waals surface area contributed by atoms with E-state index in [0.29, 0.717) is 37.9 Å². The van der Waals surface area contributed by atoms with Gasteiger partial charge in [0.15, 0.2) is 11.6 Å². The summed E-state index contributed by atoms with van der Waals surface area (Å²) in [7, 11) is 0. The fraction of sp³-hybridized carbons (Fsp3) is 0.455. The average molecular weight is 660 g/mol. The number of anilines is 2. The van der Waals surface area contributed by atoms with Crippen molar-refractivity contribution in [3.8, 4) is 0 Å². The van der Waals surface area contributed by atoms with Gasteiger partial charge in [-0.2, -0.15) is 30.4 Å². The topological polar surface area (TPSA) is 41.1 Å². The average Bonchev–Trinajstić information content (AvgIpc) is 3.22. The van der Waals surface area contributed by atoms with E-state index in [2.05, 4.69) is 29.1 Å². The Kier molecular flexibility index (Phi) is 8.80. The summed E-state index contributed by atoms with van der Waals surface area (Å²) in [6, 6.07) is 4.80. The molecule has 9 heteroatoms. The first-order chi connectivity index (χ1) is 14.2. The molecule has 1 fully saturated rings. The molecular weight excluding hydrogens is 634 g/mol. The standard InChI is InChI=1S/C22H26F4N4.U/c1-4-21(3,5-2)13-27-19-18(23)20(29-14-28-19)30-12-6-7-17(30)15-8-10-16(11-9-15)22(24,25)26;/h8-11,14,17H,1-2,4-7,12-13H2,3H3,(H,27,28,29);/q-2;+2. The summed E-state index contributed by atoms with van der Waals surface area (Å²) in [6.45, 7) is 10.9. The van der Waals surface area contributed by atoms with Crippen molar-refractivity contribution in [3.63, 3.8) is 0 Å². The Hall–Kier alpha value is -1.33. The zero-order valence-electron chi connectivity index (χ0n) is 17.5. The molecule has 0 aliphatic carbocycles. The largest absolute Gasteiger partial charge is 2.00 e. The quantitative estimate of drug-likeness (QED) is 0.300. The Morgan fingerprint density at radius 1 is 1.13 bits per heavy atom. The van der Waals surface area contributed by atoms with E-state index in [1.54, 1.807) is 4.90 Å². The zero-order valence-corrected chi connectivity index (χ0v) is 21.6. The van der Waals surface area contributed by atoms with Crippen LogP contribution in [0.4, 0.5) is 29.2 Å². The fourth-order valence-corrected chi connectivity index (χ4v) is 3.54. The predicted octanol–water partition coefficient (Wildman–Crippen LogP) is 5.84. The summed E-state index contributed by atoms with van der Waals surface area (Å²) in [6.07, 6.45) is -0.299. The van der Waals surface area contributed by atoms with Crippen LogP contribution in [0.1, 0.15) is 49.8 Å². The fourth-order valence-electron chi connectivity index (χ4n) is 3.54. The minimum absolute atomic E-state index is 0. The number of rotatable bonds is 7. The number of hydrogen-bond acceptors (Lipinski definition) is 4. The molecule has 1 saturated heterocycles. The second kappa shape index (κ2) is 10.5. The molecule has 1 aromatic carbocycles. The number of benzene rings is 1. The third-order valence-corrected chi connectivity index (χ3v) is 5.81. The maximum atomic E-state index is 15.2. The van der Waals surface area contributed by atoms with E-state index >= 15 is 4.39 Å². The van der Waals surface area contributed by atoms with Crippen LogP contribution in [-0.4, -0.2) is 23.1 Å². The molecular formula is C22H26F4N4U. The van der Waals surface area contributed by atoms with Crippen LogP contribution < -0.4 is 10.2 Å². The van der Waals surface area contributed by atoms with Crippen molar-refractivity contribution in [2.75, 3.05) is 23.3 Å². The molecule has 3 rings (SSSR count). The first-order valence-corrected chi connectivity index (χ1v) is 9.95. The molecule has 1 atom stereocenters. The number of nitrogens with one attached hydrogen (secondary N) is 1. The van der Waals surface area contributed by atoms with Gasteiger partial charge >= 0.3 is 37.3 Å². The van der Waals surface area contributed by atoms with Crippen LogP contribution >= 0.6 is 0 Å². The molecule has 0 bridgehead atoms. The van der Waals surface area contributed by atoms with Crippen LogP contribution in [0.3, 0.4) is 0 Å². The Balaban J connectivity index is 0.00000341. The van der Waals surface area contributed by atoms with Crippen LogP contribution in [-0.2, 0) is 6.18 Å². The molecule has 2 aromatic rings. The van der Waals surface area contributed by atoms with Gasteiger partial charge in [0, 0.05) is 13.1 Å². The van der Waals surface area contributed by atoms with Gasteiger partial charge in [-0.1, -0.05) is 24.5 Å². The smallest absolute Gasteiger partial charge is 0.367 e. The van der Waals surface area contributed by atoms with Crippen LogP contribution in [0.15, 0.2) is 30.6 Å². The van der Waals surface area contributed by atoms with Crippen molar-refractivity contribution in [2.45, 2.75) is 44.8 Å². The second-order valence-corrected chi connectivity index (χ2v) is 8.00. The summed E-state index contributed by atoms with van der Waals surface area (Å²) in [5.41, 5.74) is -0.183. The van der Waals surface area contributed by atoms with Gasteiger partial charge in [-0.15, -0.1) is 0 Å². The minimum Gasteiger partial charge on any atom is -0.367 e. The Bertz CT molecular complexity index is 854. The number of halogens is 4. The molecule has 1 N–H and O–H groups in total. The number of hydrogen-bond donors (Lipinski definition) is 1. The third-order valence-electron chi connectivity index (χ3n) is 5.81. The first-order valence-electron chi connectivity index (χ1n) is 9.95. The van der Waals surface area contributed by atoms with Gasteiger partial charge < -0.3 is 24.1 Å². The van der Waals surface area contributed by atoms with E-state index in [-0.39, 0.29) is 54.2 Å². The van der Waals surface area contributed by atoms with Crippen molar-refractivity contribution in [3.05, 3.63) is 61.4 Å². The molecule has 31 heavy (non-hydrogen) atoms. The molecule has 1 aliphatic rings. The van der Waals surface area contributed by atoms with E-state index in [9.17, 15) is 13.2 Å². The number of nitrogens with zero attached hydrogens (tertiary/aromatic N) is 3. The van der Waals surface area contributed by atoms with Crippen molar-refractivity contribution >= 4 is 11.6 Å². The summed E-state index contributed by atoms with van der Waals surface area (Å²) >= 11 is 0. The molecule has 0 radical (unpaired) electrons. The molecule has 0 spiro atoms. The first kappa shape index (κ1) is 25.9. The molecule has 1 aromatic heterocycles. The summed E-state index contributed by atoms with van der Waals surface area (Å²) in [4.78, 5) is 9.96. The minimum atomic E-state index is -4.39. The molecule has 1 unspecified atom stereocenters. The van der Waals surface area contributed by atoms with Crippen molar-refractivity contribution < 1.29 is 48.7 Å². The molecule has 4 nitrogen and oxygen atoms in total. The summed E-state index contributed by atoms with van der Waals surface area (Å²) in [5, 5.41) is 3.04. The van der Waals surface area contributed by atoms with Crippen LogP contribution in [0.5, 0.6) is 0 Å². The third kappa shape index (κ3) is 5.93. The second-order valence-electron chi connectivity index (χ2n) is 8.00. The van der Waals surface area contributed by atoms with E-state index in [1.165, 1.54) is 18.5 Å². The van der Waals surface area contributed by atoms with Gasteiger partial charge in [0.25, 0.3) is 0 Å². The van der Waals surface area contributed by atoms with Crippen molar-refractivity contribution in [1.29, 1.82) is 0 Å². The molecule has 1 aliphatic heterocycles. The molecule has 0 saturated carbocycles. The number of alkyl halides is 3. The van der Waals surface area contributed by atoms with Crippen molar-refractivity contribution in [2.24, 2.45) is 5.41 Å². The van der Waals surface area contributed by atoms with Crippen molar-refractivity contribution in [1.82, 2.24) is 9.97 Å². The van der Waals surface area contributed by atoms with Crippen LogP contribution in [0.25, 0.3) is 0 Å². The summed E-state index contributed by atoms with van der Waals surface area (Å²) < 4.78 is 53.8. The molecule has 2 heterocycles. The predicted molar refractivity (Wildman–Crippen MR) is 109 cm³/mol. The van der Waals surface area contributed by atoms with Gasteiger partial charge in [0.2, 0.25) is 5.82 Å². The van der Waals surface area contributed by atoms with E-state index in [4.69, 9.17) is 0 Å². The SMILES string of the molecule is [CH2-]CC(C)(C[CH2-])CNc1ncnc(N2CCCC2c2ccc(C(F)(F)F)cc2)c1F.[U+2]. The Morgan fingerprint density at radius 2 is 1.77 bits per heavy atom. The van der Waals surface area contributed by atoms with Crippen LogP contribution in [0.2, 0.25) is 0 Å². The number of aromatic nitrogens is 2. The van der Waals surface area contributed by atoms with Gasteiger partial charge in [-0.25, -0.2) is 9.97 Å². The summed E-state index contributed by atoms with van der Waals surface area (Å²) in [5.74, 6) is -0.307. The van der Waals surface area contributed by atoms with E-state index < -0.39 is 17.6 Å². The van der Waals surface area contributed by atoms with Gasteiger partial charge in [-0.3, -0.25) is 0 Å². The normalized spacial score (nSPS) is 16.9. The zero-order chi connectivity index (χ0) is 21.9. The Morgan fingerprint density at radius 3 is 2.35 bits per heavy atom. The molecule has 0 amide bonds. The van der Waals surface area contributed by atoms with Gasteiger partial charge in [0.1, 0.15) is 6.33 Å². The maximum absolute atomic E-state index is 15.2. The maximum Gasteiger partial charge on any atom is 2.00 e. The van der Waals surface area contributed by atoms with E-state index in [0.717, 1.165) is 18.6 Å². The van der Waals surface area contributed by atoms with Gasteiger partial charge in [-0.05, 0) is 30.5 Å². The van der Waals surface area contributed by atoms with Crippen LogP contribution in [0, 0.1) is 56.2 Å². The van der Waals surface area contributed by atoms with Gasteiger partial charge in [0.05, 0.1) is 11.6 Å². The molecule has 166 valence electrons. The monoisotopic (exact) mass is 660 g/mol. The van der Waals surface area contributed by atoms with E-state index in [1.807, 2.05) is 6.92 Å². The Labute approximate surface area is 204 Å².